The van der Waals surface area contributed by atoms with Gasteiger partial charge in [0.05, 0.1) is 0 Å². The zero-order valence-corrected chi connectivity index (χ0v) is 14.2. The molecule has 0 atom stereocenters. The molecule has 0 saturated carbocycles. The lowest BCUT2D eigenvalue weighted by Gasteiger charge is -2.02. The summed E-state index contributed by atoms with van der Waals surface area (Å²) in [6.07, 6.45) is 15.6. The predicted octanol–water partition coefficient (Wildman–Crippen LogP) is 5.11. The van der Waals surface area contributed by atoms with E-state index in [0.29, 0.717) is 0 Å². The van der Waals surface area contributed by atoms with Crippen molar-refractivity contribution in [2.75, 3.05) is 5.33 Å². The van der Waals surface area contributed by atoms with E-state index in [2.05, 4.69) is 52.8 Å². The Morgan fingerprint density at radius 2 is 1.26 bits per heavy atom. The first-order valence-corrected chi connectivity index (χ1v) is 8.88. The number of pyridine rings is 1. The molecule has 0 bridgehead atoms. The van der Waals surface area contributed by atoms with Gasteiger partial charge in [-0.3, -0.25) is 0 Å². The lowest BCUT2D eigenvalue weighted by Crippen LogP contribution is -2.33. The summed E-state index contributed by atoms with van der Waals surface area (Å²) in [7, 11) is 0. The summed E-state index contributed by atoms with van der Waals surface area (Å²) >= 11 is 3.48. The zero-order valence-electron chi connectivity index (χ0n) is 12.6. The largest absolute Gasteiger partial charge is 0.205 e. The molecular weight excluding hydrogens is 298 g/mol. The van der Waals surface area contributed by atoms with Gasteiger partial charge in [0.2, 0.25) is 0 Å². The molecule has 0 aromatic carbocycles. The molecule has 0 aliphatic heterocycles. The number of nitrogens with zero attached hydrogens (tertiary/aromatic N) is 1. The lowest BCUT2D eigenvalue weighted by molar-refractivity contribution is -0.698. The highest BCUT2D eigenvalue weighted by Gasteiger charge is 2.02. The van der Waals surface area contributed by atoms with Crippen molar-refractivity contribution in [1.82, 2.24) is 0 Å². The molecule has 2 heteroatoms. The monoisotopic (exact) mass is 326 g/mol. The van der Waals surface area contributed by atoms with Gasteiger partial charge >= 0.3 is 0 Å². The Bertz CT molecular complexity index is 329. The zero-order chi connectivity index (χ0) is 13.9. The van der Waals surface area contributed by atoms with Crippen LogP contribution in [0.3, 0.4) is 0 Å². The summed E-state index contributed by atoms with van der Waals surface area (Å²) in [6, 6.07) is 2.24. The highest BCUT2D eigenvalue weighted by molar-refractivity contribution is 9.09. The second-order valence-electron chi connectivity index (χ2n) is 5.65. The van der Waals surface area contributed by atoms with Crippen molar-refractivity contribution in [3.8, 4) is 0 Å². The number of hydrogen-bond acceptors (Lipinski definition) is 0. The Hall–Kier alpha value is -0.370. The third-order valence-corrected chi connectivity index (χ3v) is 4.05. The van der Waals surface area contributed by atoms with Gasteiger partial charge in [-0.25, -0.2) is 4.57 Å². The molecule has 0 unspecified atom stereocenters. The fourth-order valence-electron chi connectivity index (χ4n) is 2.57. The van der Waals surface area contributed by atoms with Crippen LogP contribution in [0.5, 0.6) is 0 Å². The van der Waals surface area contributed by atoms with E-state index in [0.717, 1.165) is 0 Å². The molecule has 1 rings (SSSR count). The lowest BCUT2D eigenvalue weighted by atomic mass is 10.1. The molecule has 0 aliphatic carbocycles. The van der Waals surface area contributed by atoms with Crippen molar-refractivity contribution >= 4 is 15.9 Å². The summed E-state index contributed by atoms with van der Waals surface area (Å²) in [6.45, 7) is 5.53. The van der Waals surface area contributed by atoms with Crippen molar-refractivity contribution in [1.29, 1.82) is 0 Å². The maximum Gasteiger partial charge on any atom is 0.171 e. The van der Waals surface area contributed by atoms with Crippen LogP contribution in [0.2, 0.25) is 0 Å². The predicted molar refractivity (Wildman–Crippen MR) is 86.8 cm³/mol. The number of alkyl halides is 1. The Kier molecular flexibility index (Phi) is 9.15. The van der Waals surface area contributed by atoms with Crippen LogP contribution in [-0.4, -0.2) is 5.33 Å². The molecule has 0 N–H and O–H groups in total. The molecule has 0 radical (unpaired) electrons. The van der Waals surface area contributed by atoms with Gasteiger partial charge in [-0.1, -0.05) is 48.0 Å². The van der Waals surface area contributed by atoms with Crippen LogP contribution in [0.25, 0.3) is 0 Å². The molecule has 1 heterocycles. The van der Waals surface area contributed by atoms with E-state index in [1.54, 1.807) is 0 Å². The highest BCUT2D eigenvalue weighted by atomic mass is 79.9. The average molecular weight is 327 g/mol. The van der Waals surface area contributed by atoms with E-state index in [-0.39, 0.29) is 0 Å². The first kappa shape index (κ1) is 16.7. The molecule has 0 amide bonds. The number of rotatable bonds is 10. The smallest absolute Gasteiger partial charge is 0.171 e. The van der Waals surface area contributed by atoms with Crippen LogP contribution in [0.4, 0.5) is 0 Å². The standard InChI is InChI=1S/C17H29BrN/c1-16-13-17(2)15-19(14-16)12-10-8-6-4-3-5-7-9-11-18/h13-15H,3-12H2,1-2H3/q+1. The summed E-state index contributed by atoms with van der Waals surface area (Å²) in [5, 5.41) is 1.17. The highest BCUT2D eigenvalue weighted by Crippen LogP contribution is 2.09. The maximum atomic E-state index is 3.48. The SMILES string of the molecule is Cc1cc(C)c[n+](CCCCCCCCCCBr)c1. The molecule has 0 aliphatic rings. The van der Waals surface area contributed by atoms with E-state index >= 15 is 0 Å². The third-order valence-electron chi connectivity index (χ3n) is 3.49. The molecule has 0 saturated heterocycles. The van der Waals surface area contributed by atoms with Gasteiger partial charge in [0, 0.05) is 22.9 Å². The van der Waals surface area contributed by atoms with Crippen LogP contribution in [0, 0.1) is 13.8 Å². The van der Waals surface area contributed by atoms with E-state index in [1.807, 2.05) is 0 Å². The second kappa shape index (κ2) is 10.4. The van der Waals surface area contributed by atoms with E-state index in [9.17, 15) is 0 Å². The number of unbranched alkanes of at least 4 members (excludes halogenated alkanes) is 7. The number of aryl methyl sites for hydroxylation is 3. The molecule has 108 valence electrons. The third kappa shape index (κ3) is 8.41. The minimum atomic E-state index is 1.17. The number of aromatic nitrogens is 1. The molecular formula is C17H29BrN+. The molecule has 0 fully saturated rings. The van der Waals surface area contributed by atoms with Gasteiger partial charge in [0.1, 0.15) is 6.54 Å². The summed E-state index contributed by atoms with van der Waals surface area (Å²) < 4.78 is 2.35. The van der Waals surface area contributed by atoms with Crippen molar-refractivity contribution in [3.63, 3.8) is 0 Å². The maximum absolute atomic E-state index is 3.48. The van der Waals surface area contributed by atoms with Gasteiger partial charge in [0.25, 0.3) is 0 Å². The van der Waals surface area contributed by atoms with Crippen molar-refractivity contribution in [2.24, 2.45) is 0 Å². The van der Waals surface area contributed by atoms with Gasteiger partial charge in [-0.05, 0) is 32.8 Å². The normalized spacial score (nSPS) is 10.9. The van der Waals surface area contributed by atoms with E-state index < -0.39 is 0 Å². The van der Waals surface area contributed by atoms with Crippen LogP contribution < -0.4 is 4.57 Å². The molecule has 19 heavy (non-hydrogen) atoms. The van der Waals surface area contributed by atoms with Gasteiger partial charge in [0.15, 0.2) is 12.4 Å². The van der Waals surface area contributed by atoms with Crippen LogP contribution in [-0.2, 0) is 6.54 Å². The van der Waals surface area contributed by atoms with Crippen LogP contribution in [0.15, 0.2) is 18.5 Å². The van der Waals surface area contributed by atoms with Crippen LogP contribution >= 0.6 is 15.9 Å². The Labute approximate surface area is 127 Å². The molecule has 0 spiro atoms. The van der Waals surface area contributed by atoms with Gasteiger partial charge in [-0.2, -0.15) is 0 Å². The summed E-state index contributed by atoms with van der Waals surface area (Å²) in [5.74, 6) is 0. The fourth-order valence-corrected chi connectivity index (χ4v) is 2.97. The molecule has 1 aromatic rings. The van der Waals surface area contributed by atoms with Crippen molar-refractivity contribution in [3.05, 3.63) is 29.6 Å². The van der Waals surface area contributed by atoms with E-state index in [4.69, 9.17) is 0 Å². The number of halogens is 1. The van der Waals surface area contributed by atoms with Gasteiger partial charge < -0.3 is 0 Å². The van der Waals surface area contributed by atoms with Crippen molar-refractivity contribution < 1.29 is 4.57 Å². The van der Waals surface area contributed by atoms with E-state index in [1.165, 1.54) is 74.4 Å². The number of hydrogen-bond donors (Lipinski definition) is 0. The topological polar surface area (TPSA) is 3.88 Å². The molecule has 1 aromatic heterocycles. The summed E-state index contributed by atoms with van der Waals surface area (Å²) in [5.41, 5.74) is 2.73. The second-order valence-corrected chi connectivity index (χ2v) is 6.44. The fraction of sp³-hybridized carbons (Fsp3) is 0.706. The summed E-state index contributed by atoms with van der Waals surface area (Å²) in [4.78, 5) is 0. The first-order valence-electron chi connectivity index (χ1n) is 7.75. The quantitative estimate of drug-likeness (QED) is 0.319. The van der Waals surface area contributed by atoms with Crippen LogP contribution in [0.1, 0.15) is 62.5 Å². The first-order chi connectivity index (χ1) is 9.22. The average Bonchev–Trinajstić information content (AvgIpc) is 2.36. The Morgan fingerprint density at radius 1 is 0.789 bits per heavy atom. The molecule has 1 nitrogen and oxygen atoms in total. The Balaban J connectivity index is 2.01. The van der Waals surface area contributed by atoms with Crippen molar-refractivity contribution in [2.45, 2.75) is 71.8 Å². The Morgan fingerprint density at radius 3 is 1.79 bits per heavy atom. The van der Waals surface area contributed by atoms with Gasteiger partial charge in [-0.15, -0.1) is 0 Å². The minimum Gasteiger partial charge on any atom is -0.205 e. The minimum absolute atomic E-state index is 1.17.